The summed E-state index contributed by atoms with van der Waals surface area (Å²) >= 11 is 0. The van der Waals surface area contributed by atoms with Crippen molar-refractivity contribution >= 4 is 15.9 Å². The number of benzene rings is 1. The maximum Gasteiger partial charge on any atom is 0.415 e. The van der Waals surface area contributed by atoms with Crippen molar-refractivity contribution in [2.24, 2.45) is 0 Å². The van der Waals surface area contributed by atoms with E-state index in [0.29, 0.717) is 11.3 Å². The van der Waals surface area contributed by atoms with Gasteiger partial charge in [0.2, 0.25) is 0 Å². The number of carbonyl (C=O) groups is 1. The number of nitrogens with zero attached hydrogens (tertiary/aromatic N) is 1. The van der Waals surface area contributed by atoms with Crippen molar-refractivity contribution < 1.29 is 18.3 Å². The van der Waals surface area contributed by atoms with Crippen LogP contribution in [0.15, 0.2) is 47.5 Å². The fourth-order valence-electron chi connectivity index (χ4n) is 1.95. The largest absolute Gasteiger partial charge is 0.464 e. The van der Waals surface area contributed by atoms with Crippen LogP contribution in [0.25, 0.3) is 11.3 Å². The molecule has 0 unspecified atom stereocenters. The Hall–Kier alpha value is -2.08. The van der Waals surface area contributed by atoms with Gasteiger partial charge in [-0.25, -0.2) is 13.2 Å². The van der Waals surface area contributed by atoms with E-state index in [4.69, 9.17) is 5.11 Å². The molecule has 0 bridgehead atoms. The Bertz CT molecular complexity index is 744. The number of aromatic nitrogens is 1. The van der Waals surface area contributed by atoms with Crippen LogP contribution in [0.1, 0.15) is 13.8 Å². The van der Waals surface area contributed by atoms with E-state index in [0.717, 1.165) is 4.57 Å². The molecule has 6 heteroatoms. The van der Waals surface area contributed by atoms with E-state index < -0.39 is 21.2 Å². The Morgan fingerprint density at radius 3 is 2.40 bits per heavy atom. The van der Waals surface area contributed by atoms with Crippen molar-refractivity contribution in [1.29, 1.82) is 0 Å². The minimum absolute atomic E-state index is 0.149. The summed E-state index contributed by atoms with van der Waals surface area (Å²) in [7, 11) is -3.48. The van der Waals surface area contributed by atoms with Crippen LogP contribution < -0.4 is 0 Å². The van der Waals surface area contributed by atoms with Crippen molar-refractivity contribution in [2.75, 3.05) is 0 Å². The van der Waals surface area contributed by atoms with E-state index >= 15 is 0 Å². The molecule has 0 fully saturated rings. The summed E-state index contributed by atoms with van der Waals surface area (Å²) in [5.41, 5.74) is 0.742. The highest BCUT2D eigenvalue weighted by molar-refractivity contribution is 7.92. The lowest BCUT2D eigenvalue weighted by Gasteiger charge is -2.13. The summed E-state index contributed by atoms with van der Waals surface area (Å²) < 4.78 is 25.8. The molecule has 0 radical (unpaired) electrons. The molecule has 0 spiro atoms. The van der Waals surface area contributed by atoms with Gasteiger partial charge >= 0.3 is 6.09 Å². The highest BCUT2D eigenvalue weighted by Crippen LogP contribution is 2.29. The maximum atomic E-state index is 12.4. The second kappa shape index (κ2) is 5.13. The van der Waals surface area contributed by atoms with Crippen LogP contribution in [0.3, 0.4) is 0 Å². The van der Waals surface area contributed by atoms with E-state index in [9.17, 15) is 13.2 Å². The SMILES string of the molecule is CC(C)S(=O)(=O)c1ccccc1-c1cccn1C(=O)O. The third kappa shape index (κ3) is 2.34. The second-order valence-electron chi connectivity index (χ2n) is 4.64. The van der Waals surface area contributed by atoms with Gasteiger partial charge < -0.3 is 5.11 Å². The van der Waals surface area contributed by atoms with Crippen molar-refractivity contribution in [2.45, 2.75) is 24.0 Å². The van der Waals surface area contributed by atoms with Gasteiger partial charge in [-0.2, -0.15) is 0 Å². The molecule has 1 N–H and O–H groups in total. The summed E-state index contributed by atoms with van der Waals surface area (Å²) in [4.78, 5) is 11.3. The number of carboxylic acid groups (broad SMARTS) is 1. The molecular formula is C14H15NO4S. The van der Waals surface area contributed by atoms with Crippen LogP contribution in [-0.4, -0.2) is 29.4 Å². The molecule has 0 aliphatic carbocycles. The van der Waals surface area contributed by atoms with Crippen LogP contribution >= 0.6 is 0 Å². The van der Waals surface area contributed by atoms with Crippen molar-refractivity contribution in [3.8, 4) is 11.3 Å². The predicted octanol–water partition coefficient (Wildman–Crippen LogP) is 2.86. The molecule has 2 rings (SSSR count). The average molecular weight is 293 g/mol. The summed E-state index contributed by atoms with van der Waals surface area (Å²) in [6.07, 6.45) is 0.234. The van der Waals surface area contributed by atoms with Crippen LogP contribution in [-0.2, 0) is 9.84 Å². The molecule has 0 amide bonds. The van der Waals surface area contributed by atoms with E-state index in [1.165, 1.54) is 12.3 Å². The predicted molar refractivity (Wildman–Crippen MR) is 75.6 cm³/mol. The molecular weight excluding hydrogens is 278 g/mol. The van der Waals surface area contributed by atoms with Gasteiger partial charge in [-0.1, -0.05) is 18.2 Å². The molecule has 1 aromatic heterocycles. The third-order valence-electron chi connectivity index (χ3n) is 3.04. The van der Waals surface area contributed by atoms with Gasteiger partial charge in [0.1, 0.15) is 0 Å². The van der Waals surface area contributed by atoms with Crippen LogP contribution in [0.4, 0.5) is 4.79 Å². The van der Waals surface area contributed by atoms with E-state index in [-0.39, 0.29) is 4.90 Å². The van der Waals surface area contributed by atoms with Gasteiger partial charge in [0, 0.05) is 11.8 Å². The van der Waals surface area contributed by atoms with Crippen LogP contribution in [0, 0.1) is 0 Å². The Morgan fingerprint density at radius 2 is 1.80 bits per heavy atom. The molecule has 106 valence electrons. The Kier molecular flexibility index (Phi) is 3.67. The standard InChI is InChI=1S/C14H15NO4S/c1-10(2)20(18,19)13-8-4-3-6-11(13)12-7-5-9-15(12)14(16)17/h3-10H,1-2H3,(H,16,17). The summed E-state index contributed by atoms with van der Waals surface area (Å²) in [6, 6.07) is 9.60. The summed E-state index contributed by atoms with van der Waals surface area (Å²) in [6.45, 7) is 3.20. The molecule has 20 heavy (non-hydrogen) atoms. The zero-order valence-corrected chi connectivity index (χ0v) is 12.0. The number of rotatable bonds is 3. The molecule has 0 atom stereocenters. The van der Waals surface area contributed by atoms with Gasteiger partial charge in [-0.3, -0.25) is 4.57 Å². The Balaban J connectivity index is 2.71. The van der Waals surface area contributed by atoms with Gasteiger partial charge in [0.05, 0.1) is 15.8 Å². The molecule has 5 nitrogen and oxygen atoms in total. The van der Waals surface area contributed by atoms with Gasteiger partial charge in [0.25, 0.3) is 0 Å². The molecule has 1 heterocycles. The van der Waals surface area contributed by atoms with Gasteiger partial charge in [-0.15, -0.1) is 0 Å². The maximum absolute atomic E-state index is 12.4. The number of sulfone groups is 1. The number of hydrogen-bond donors (Lipinski definition) is 1. The summed E-state index contributed by atoms with van der Waals surface area (Å²) in [5.74, 6) is 0. The van der Waals surface area contributed by atoms with Crippen molar-refractivity contribution in [1.82, 2.24) is 4.57 Å². The highest BCUT2D eigenvalue weighted by Gasteiger charge is 2.24. The minimum Gasteiger partial charge on any atom is -0.464 e. The molecule has 1 aromatic carbocycles. The lowest BCUT2D eigenvalue weighted by Crippen LogP contribution is -2.16. The quantitative estimate of drug-likeness (QED) is 0.944. The van der Waals surface area contributed by atoms with E-state index in [1.54, 1.807) is 44.2 Å². The smallest absolute Gasteiger partial charge is 0.415 e. The fourth-order valence-corrected chi connectivity index (χ4v) is 3.20. The Labute approximate surface area is 117 Å². The van der Waals surface area contributed by atoms with Gasteiger partial charge in [-0.05, 0) is 32.0 Å². The average Bonchev–Trinajstić information content (AvgIpc) is 2.87. The monoisotopic (exact) mass is 293 g/mol. The first kappa shape index (κ1) is 14.3. The second-order valence-corrected chi connectivity index (χ2v) is 7.11. The highest BCUT2D eigenvalue weighted by atomic mass is 32.2. The Morgan fingerprint density at radius 1 is 1.15 bits per heavy atom. The number of hydrogen-bond acceptors (Lipinski definition) is 3. The minimum atomic E-state index is -3.48. The molecule has 0 aliphatic heterocycles. The normalized spacial score (nSPS) is 11.8. The van der Waals surface area contributed by atoms with E-state index in [2.05, 4.69) is 0 Å². The zero-order chi connectivity index (χ0) is 14.9. The lowest BCUT2D eigenvalue weighted by molar-refractivity contribution is 0.197. The fraction of sp³-hybridized carbons (Fsp3) is 0.214. The first-order chi connectivity index (χ1) is 9.35. The topological polar surface area (TPSA) is 76.4 Å². The van der Waals surface area contributed by atoms with Crippen molar-refractivity contribution in [3.63, 3.8) is 0 Å². The molecule has 2 aromatic rings. The first-order valence-electron chi connectivity index (χ1n) is 6.09. The molecule has 0 saturated carbocycles. The lowest BCUT2D eigenvalue weighted by atomic mass is 10.1. The summed E-state index contributed by atoms with van der Waals surface area (Å²) in [5, 5.41) is 8.56. The van der Waals surface area contributed by atoms with E-state index in [1.807, 2.05) is 0 Å². The zero-order valence-electron chi connectivity index (χ0n) is 11.1. The van der Waals surface area contributed by atoms with Crippen LogP contribution in [0.2, 0.25) is 0 Å². The van der Waals surface area contributed by atoms with Gasteiger partial charge in [0.15, 0.2) is 9.84 Å². The van der Waals surface area contributed by atoms with Crippen molar-refractivity contribution in [3.05, 3.63) is 42.6 Å². The van der Waals surface area contributed by atoms with Crippen LogP contribution in [0.5, 0.6) is 0 Å². The molecule has 0 saturated heterocycles. The third-order valence-corrected chi connectivity index (χ3v) is 5.26. The molecule has 0 aliphatic rings. The first-order valence-corrected chi connectivity index (χ1v) is 7.64.